The van der Waals surface area contributed by atoms with Crippen LogP contribution in [0.4, 0.5) is 0 Å². The van der Waals surface area contributed by atoms with Crippen LogP contribution in [0, 0.1) is 5.92 Å². The van der Waals surface area contributed by atoms with Crippen LogP contribution in [-0.4, -0.2) is 48.9 Å². The third-order valence-corrected chi connectivity index (χ3v) is 3.24. The van der Waals surface area contributed by atoms with Crippen LogP contribution in [0.1, 0.15) is 33.1 Å². The van der Waals surface area contributed by atoms with Crippen molar-refractivity contribution in [3.05, 3.63) is 0 Å². The minimum Gasteiger partial charge on any atom is -0.343 e. The van der Waals surface area contributed by atoms with Crippen LogP contribution in [0.5, 0.6) is 0 Å². The topological polar surface area (TPSA) is 23.6 Å². The van der Waals surface area contributed by atoms with Gasteiger partial charge in [-0.3, -0.25) is 4.79 Å². The second kappa shape index (κ2) is 6.11. The first-order valence-electron chi connectivity index (χ1n) is 6.07. The molecular formula is C12H24N2O. The Morgan fingerprint density at radius 1 is 1.40 bits per heavy atom. The summed E-state index contributed by atoms with van der Waals surface area (Å²) in [7, 11) is 2.20. The van der Waals surface area contributed by atoms with E-state index >= 15 is 0 Å². The molecular weight excluding hydrogens is 188 g/mol. The summed E-state index contributed by atoms with van der Waals surface area (Å²) in [5.74, 6) is 1.02. The van der Waals surface area contributed by atoms with E-state index in [0.717, 1.165) is 19.0 Å². The van der Waals surface area contributed by atoms with Crippen molar-refractivity contribution in [2.75, 3.05) is 33.2 Å². The van der Waals surface area contributed by atoms with E-state index in [1.165, 1.54) is 32.4 Å². The molecule has 0 spiro atoms. The maximum absolute atomic E-state index is 11.1. The van der Waals surface area contributed by atoms with Gasteiger partial charge in [-0.1, -0.05) is 6.92 Å². The molecule has 0 N–H and O–H groups in total. The molecule has 1 heterocycles. The van der Waals surface area contributed by atoms with Gasteiger partial charge in [-0.05, 0) is 38.8 Å². The summed E-state index contributed by atoms with van der Waals surface area (Å²) in [6, 6.07) is 0. The normalized spacial score (nSPS) is 18.5. The number of piperidine rings is 1. The Kier molecular flexibility index (Phi) is 5.09. The van der Waals surface area contributed by atoms with Crippen LogP contribution in [0.25, 0.3) is 0 Å². The molecule has 1 fully saturated rings. The third kappa shape index (κ3) is 4.20. The van der Waals surface area contributed by atoms with E-state index in [9.17, 15) is 4.79 Å². The predicted octanol–water partition coefficient (Wildman–Crippen LogP) is 1.59. The van der Waals surface area contributed by atoms with Crippen molar-refractivity contribution in [1.29, 1.82) is 0 Å². The fourth-order valence-electron chi connectivity index (χ4n) is 2.34. The lowest BCUT2D eigenvalue weighted by Gasteiger charge is -2.33. The van der Waals surface area contributed by atoms with Crippen LogP contribution < -0.4 is 0 Å². The standard InChI is InChI=1S/C12H24N2O/c1-4-7-13(3)10-12-5-8-14(9-6-12)11(2)15/h12H,4-10H2,1-3H3. The molecule has 0 radical (unpaired) electrons. The van der Waals surface area contributed by atoms with Gasteiger partial charge in [0.2, 0.25) is 5.91 Å². The molecule has 1 rings (SSSR count). The Labute approximate surface area is 93.4 Å². The molecule has 0 unspecified atom stereocenters. The number of amides is 1. The minimum atomic E-state index is 0.232. The van der Waals surface area contributed by atoms with Crippen LogP contribution in [0.2, 0.25) is 0 Å². The quantitative estimate of drug-likeness (QED) is 0.706. The molecule has 1 aliphatic rings. The molecule has 3 nitrogen and oxygen atoms in total. The second-order valence-corrected chi connectivity index (χ2v) is 4.71. The van der Waals surface area contributed by atoms with Gasteiger partial charge in [0, 0.05) is 26.6 Å². The lowest BCUT2D eigenvalue weighted by Crippen LogP contribution is -2.40. The Morgan fingerprint density at radius 3 is 2.47 bits per heavy atom. The van der Waals surface area contributed by atoms with Crippen LogP contribution in [-0.2, 0) is 4.79 Å². The number of nitrogens with zero attached hydrogens (tertiary/aromatic N) is 2. The first-order valence-corrected chi connectivity index (χ1v) is 6.07. The minimum absolute atomic E-state index is 0.232. The zero-order chi connectivity index (χ0) is 11.3. The van der Waals surface area contributed by atoms with E-state index in [1.54, 1.807) is 6.92 Å². The van der Waals surface area contributed by atoms with Gasteiger partial charge in [-0.2, -0.15) is 0 Å². The smallest absolute Gasteiger partial charge is 0.219 e. The Hall–Kier alpha value is -0.570. The molecule has 1 aliphatic heterocycles. The summed E-state index contributed by atoms with van der Waals surface area (Å²) in [6.45, 7) is 8.19. The van der Waals surface area contributed by atoms with Crippen molar-refractivity contribution in [2.24, 2.45) is 5.92 Å². The molecule has 0 aliphatic carbocycles. The summed E-state index contributed by atoms with van der Waals surface area (Å²) in [4.78, 5) is 15.5. The van der Waals surface area contributed by atoms with Crippen LogP contribution in [0.3, 0.4) is 0 Å². The molecule has 0 aromatic rings. The molecule has 0 bridgehead atoms. The van der Waals surface area contributed by atoms with Gasteiger partial charge in [0.1, 0.15) is 0 Å². The van der Waals surface area contributed by atoms with Crippen molar-refractivity contribution in [1.82, 2.24) is 9.80 Å². The average Bonchev–Trinajstić information content (AvgIpc) is 2.18. The van der Waals surface area contributed by atoms with Gasteiger partial charge in [-0.15, -0.1) is 0 Å². The van der Waals surface area contributed by atoms with Gasteiger partial charge in [0.05, 0.1) is 0 Å². The van der Waals surface area contributed by atoms with E-state index in [1.807, 2.05) is 4.90 Å². The number of likely N-dealkylation sites (tertiary alicyclic amines) is 1. The van der Waals surface area contributed by atoms with E-state index in [0.29, 0.717) is 0 Å². The first-order chi connectivity index (χ1) is 7.13. The van der Waals surface area contributed by atoms with Crippen LogP contribution >= 0.6 is 0 Å². The Bertz CT molecular complexity index is 198. The maximum Gasteiger partial charge on any atom is 0.219 e. The average molecular weight is 212 g/mol. The molecule has 3 heteroatoms. The van der Waals surface area contributed by atoms with Crippen molar-refractivity contribution >= 4 is 5.91 Å². The second-order valence-electron chi connectivity index (χ2n) is 4.71. The summed E-state index contributed by atoms with van der Waals surface area (Å²) in [6.07, 6.45) is 3.57. The van der Waals surface area contributed by atoms with E-state index in [2.05, 4.69) is 18.9 Å². The molecule has 0 atom stereocenters. The number of hydrogen-bond acceptors (Lipinski definition) is 2. The Balaban J connectivity index is 2.22. The van der Waals surface area contributed by atoms with E-state index < -0.39 is 0 Å². The molecule has 0 saturated carbocycles. The van der Waals surface area contributed by atoms with Crippen molar-refractivity contribution in [3.63, 3.8) is 0 Å². The highest BCUT2D eigenvalue weighted by Gasteiger charge is 2.21. The third-order valence-electron chi connectivity index (χ3n) is 3.24. The lowest BCUT2D eigenvalue weighted by molar-refractivity contribution is -0.130. The zero-order valence-corrected chi connectivity index (χ0v) is 10.3. The highest BCUT2D eigenvalue weighted by atomic mass is 16.2. The highest BCUT2D eigenvalue weighted by Crippen LogP contribution is 2.17. The lowest BCUT2D eigenvalue weighted by atomic mass is 9.96. The van der Waals surface area contributed by atoms with Gasteiger partial charge in [0.15, 0.2) is 0 Å². The SMILES string of the molecule is CCCN(C)CC1CCN(C(C)=O)CC1. The molecule has 1 amide bonds. The summed E-state index contributed by atoms with van der Waals surface area (Å²) < 4.78 is 0. The molecule has 0 aromatic heterocycles. The Morgan fingerprint density at radius 2 is 2.00 bits per heavy atom. The van der Waals surface area contributed by atoms with E-state index in [4.69, 9.17) is 0 Å². The van der Waals surface area contributed by atoms with E-state index in [-0.39, 0.29) is 5.91 Å². The number of hydrogen-bond donors (Lipinski definition) is 0. The van der Waals surface area contributed by atoms with Gasteiger partial charge in [0.25, 0.3) is 0 Å². The van der Waals surface area contributed by atoms with Gasteiger partial charge in [-0.25, -0.2) is 0 Å². The fraction of sp³-hybridized carbons (Fsp3) is 0.917. The molecule has 0 aromatic carbocycles. The number of carbonyl (C=O) groups is 1. The first kappa shape index (κ1) is 12.5. The molecule has 1 saturated heterocycles. The van der Waals surface area contributed by atoms with Crippen molar-refractivity contribution < 1.29 is 4.79 Å². The zero-order valence-electron chi connectivity index (χ0n) is 10.3. The fourth-order valence-corrected chi connectivity index (χ4v) is 2.34. The summed E-state index contributed by atoms with van der Waals surface area (Å²) in [5, 5.41) is 0. The monoisotopic (exact) mass is 212 g/mol. The van der Waals surface area contributed by atoms with Gasteiger partial charge < -0.3 is 9.80 Å². The predicted molar refractivity (Wildman–Crippen MR) is 62.8 cm³/mol. The molecule has 15 heavy (non-hydrogen) atoms. The number of rotatable bonds is 4. The highest BCUT2D eigenvalue weighted by molar-refractivity contribution is 5.73. The van der Waals surface area contributed by atoms with Crippen molar-refractivity contribution in [2.45, 2.75) is 33.1 Å². The number of carbonyl (C=O) groups excluding carboxylic acids is 1. The van der Waals surface area contributed by atoms with Crippen molar-refractivity contribution in [3.8, 4) is 0 Å². The molecule has 88 valence electrons. The maximum atomic E-state index is 11.1. The largest absolute Gasteiger partial charge is 0.343 e. The van der Waals surface area contributed by atoms with Crippen LogP contribution in [0.15, 0.2) is 0 Å². The summed E-state index contributed by atoms with van der Waals surface area (Å²) >= 11 is 0. The summed E-state index contributed by atoms with van der Waals surface area (Å²) in [5.41, 5.74) is 0. The van der Waals surface area contributed by atoms with Gasteiger partial charge >= 0.3 is 0 Å².